The van der Waals surface area contributed by atoms with Crippen LogP contribution in [0.1, 0.15) is 166 Å². The van der Waals surface area contributed by atoms with Gasteiger partial charge in [0.1, 0.15) is 72.5 Å². The molecule has 0 unspecified atom stereocenters. The van der Waals surface area contributed by atoms with Crippen LogP contribution in [0.3, 0.4) is 0 Å². The maximum Gasteiger partial charge on any atom is 0.326 e. The van der Waals surface area contributed by atoms with Gasteiger partial charge >= 0.3 is 11.9 Å². The van der Waals surface area contributed by atoms with Crippen LogP contribution in [0.4, 0.5) is 0 Å². The van der Waals surface area contributed by atoms with Gasteiger partial charge in [0.25, 0.3) is 0 Å². The van der Waals surface area contributed by atoms with E-state index in [1.165, 1.54) is 28.5 Å². The van der Waals surface area contributed by atoms with Crippen LogP contribution >= 0.6 is 0 Å². The highest BCUT2D eigenvalue weighted by atomic mass is 16.4. The highest BCUT2D eigenvalue weighted by Gasteiger charge is 2.46. The molecule has 0 saturated carbocycles. The SMILES string of the molecule is CC(C)C[C@H](NC(=O)[C@@H](NC(=O)[C@@H]1CCCN1C(=O)[C@@H](NC(=O)[C@@H]1CCCN1C(=O)[C@H](CC(C)C)NC(=O)[C@@H]1CCCN1)[C@@H](C)O)C(C)C)C(=O)N[C@@H](CC(C)C)C(=O)N1CCC[C@H]1C(=O)N[C@@H](C)C(=O)N[C@H](C(=O)N[C@@H](CC(=O)O)C(=O)N[C@@H](Cc1ccccc1)C(=O)O)C(C)C. The van der Waals surface area contributed by atoms with Crippen molar-refractivity contribution in [3.05, 3.63) is 35.9 Å². The number of aliphatic hydroxyl groups is 1. The maximum absolute atomic E-state index is 14.6. The van der Waals surface area contributed by atoms with Gasteiger partial charge in [-0.1, -0.05) is 99.6 Å². The van der Waals surface area contributed by atoms with Crippen molar-refractivity contribution in [2.75, 3.05) is 26.2 Å². The second-order valence-electron chi connectivity index (χ2n) is 28.5. The molecule has 4 saturated heterocycles. The van der Waals surface area contributed by atoms with Gasteiger partial charge in [-0.2, -0.15) is 0 Å². The zero-order chi connectivity index (χ0) is 73.0. The highest BCUT2D eigenvalue weighted by Crippen LogP contribution is 2.26. The summed E-state index contributed by atoms with van der Waals surface area (Å²) in [5.74, 6) is -13.1. The van der Waals surface area contributed by atoms with E-state index >= 15 is 0 Å². The van der Waals surface area contributed by atoms with Crippen molar-refractivity contribution in [1.29, 1.82) is 0 Å². The molecule has 14 atom stereocenters. The van der Waals surface area contributed by atoms with E-state index in [1.54, 1.807) is 58.0 Å². The molecule has 0 spiro atoms. The third-order valence-electron chi connectivity index (χ3n) is 18.1. The molecule has 5 rings (SSSR count). The van der Waals surface area contributed by atoms with E-state index in [4.69, 9.17) is 0 Å². The zero-order valence-corrected chi connectivity index (χ0v) is 58.8. The number of aliphatic carboxylic acids is 2. The molecule has 98 heavy (non-hydrogen) atoms. The number of benzene rings is 1. The summed E-state index contributed by atoms with van der Waals surface area (Å²) < 4.78 is 0. The third kappa shape index (κ3) is 23.2. The van der Waals surface area contributed by atoms with Gasteiger partial charge in [-0.25, -0.2) is 4.79 Å². The molecule has 0 aromatic heterocycles. The number of aliphatic hydroxyl groups excluding tert-OH is 1. The second-order valence-corrected chi connectivity index (χ2v) is 28.5. The lowest BCUT2D eigenvalue weighted by Gasteiger charge is -2.33. The maximum atomic E-state index is 14.6. The van der Waals surface area contributed by atoms with Crippen molar-refractivity contribution in [2.24, 2.45) is 29.6 Å². The quantitative estimate of drug-likeness (QED) is 0.0416. The number of nitrogens with one attached hydrogen (secondary N) is 10. The molecule has 0 radical (unpaired) electrons. The number of likely N-dealkylation sites (tertiary alicyclic amines) is 3. The molecule has 1 aromatic rings. The Hall–Kier alpha value is -8.28. The van der Waals surface area contributed by atoms with Crippen molar-refractivity contribution in [3.63, 3.8) is 0 Å². The summed E-state index contributed by atoms with van der Waals surface area (Å²) in [4.78, 5) is 197. The Morgan fingerprint density at radius 2 is 0.857 bits per heavy atom. The Labute approximate surface area is 573 Å². The van der Waals surface area contributed by atoms with Crippen LogP contribution in [-0.4, -0.2) is 224 Å². The van der Waals surface area contributed by atoms with E-state index in [2.05, 4.69) is 53.2 Å². The Morgan fingerprint density at radius 3 is 1.31 bits per heavy atom. The van der Waals surface area contributed by atoms with E-state index in [0.29, 0.717) is 44.2 Å². The number of carboxylic acids is 2. The van der Waals surface area contributed by atoms with Crippen LogP contribution in [0.25, 0.3) is 0 Å². The molecular formula is C68H107N13O17. The molecule has 30 nitrogen and oxygen atoms in total. The summed E-state index contributed by atoms with van der Waals surface area (Å²) >= 11 is 0. The summed E-state index contributed by atoms with van der Waals surface area (Å²) in [6, 6.07) is -7.41. The van der Waals surface area contributed by atoms with Gasteiger partial charge in [0.15, 0.2) is 0 Å². The van der Waals surface area contributed by atoms with E-state index < -0.39 is 180 Å². The average molecular weight is 1380 g/mol. The molecule has 13 N–H and O–H groups in total. The number of nitrogens with zero attached hydrogens (tertiary/aromatic N) is 3. The number of rotatable bonds is 35. The van der Waals surface area contributed by atoms with Gasteiger partial charge in [0, 0.05) is 26.1 Å². The first-order chi connectivity index (χ1) is 46.1. The number of amides is 12. The Bertz CT molecular complexity index is 2990. The molecule has 4 aliphatic heterocycles. The summed E-state index contributed by atoms with van der Waals surface area (Å²) in [5, 5.41) is 57.4. The van der Waals surface area contributed by atoms with Crippen LogP contribution in [-0.2, 0) is 73.5 Å². The van der Waals surface area contributed by atoms with E-state index in [0.717, 1.165) is 6.42 Å². The smallest absolute Gasteiger partial charge is 0.326 e. The van der Waals surface area contributed by atoms with Crippen molar-refractivity contribution >= 4 is 82.8 Å². The summed E-state index contributed by atoms with van der Waals surface area (Å²) in [5.41, 5.74) is 0.566. The first-order valence-electron chi connectivity index (χ1n) is 34.6. The van der Waals surface area contributed by atoms with Crippen LogP contribution in [0.15, 0.2) is 30.3 Å². The van der Waals surface area contributed by atoms with Gasteiger partial charge < -0.3 is 83.2 Å². The first kappa shape index (κ1) is 80.4. The predicted molar refractivity (Wildman–Crippen MR) is 358 cm³/mol. The molecule has 4 aliphatic rings. The molecule has 30 heteroatoms. The van der Waals surface area contributed by atoms with Crippen LogP contribution in [0.5, 0.6) is 0 Å². The van der Waals surface area contributed by atoms with E-state index in [9.17, 15) is 82.4 Å². The van der Waals surface area contributed by atoms with Crippen LogP contribution < -0.4 is 53.2 Å². The zero-order valence-electron chi connectivity index (χ0n) is 58.8. The van der Waals surface area contributed by atoms with Crippen molar-refractivity contribution < 1.29 is 82.4 Å². The average Bonchev–Trinajstić information content (AvgIpc) is 1.60. The molecular weight excluding hydrogens is 1270 g/mol. The summed E-state index contributed by atoms with van der Waals surface area (Å²) in [7, 11) is 0. The van der Waals surface area contributed by atoms with E-state index in [1.807, 2.05) is 41.5 Å². The normalized spacial score (nSPS) is 20.8. The summed E-state index contributed by atoms with van der Waals surface area (Å²) in [6.07, 6.45) is 1.28. The Morgan fingerprint density at radius 1 is 0.439 bits per heavy atom. The third-order valence-corrected chi connectivity index (χ3v) is 18.1. The van der Waals surface area contributed by atoms with Crippen molar-refractivity contribution in [2.45, 2.75) is 251 Å². The minimum absolute atomic E-state index is 0.0237. The first-order valence-corrected chi connectivity index (χ1v) is 34.6. The van der Waals surface area contributed by atoms with Crippen LogP contribution in [0, 0.1) is 29.6 Å². The molecule has 0 aliphatic carbocycles. The van der Waals surface area contributed by atoms with Gasteiger partial charge in [-0.15, -0.1) is 0 Å². The predicted octanol–water partition coefficient (Wildman–Crippen LogP) is -0.272. The lowest BCUT2D eigenvalue weighted by atomic mass is 9.98. The minimum atomic E-state index is -1.76. The number of carbonyl (C=O) groups is 14. The highest BCUT2D eigenvalue weighted by molar-refractivity contribution is 6.00. The van der Waals surface area contributed by atoms with Gasteiger partial charge in [0.2, 0.25) is 70.9 Å². The Kier molecular flexibility index (Phi) is 30.9. The molecule has 1 aromatic carbocycles. The van der Waals surface area contributed by atoms with Crippen molar-refractivity contribution in [3.8, 4) is 0 Å². The number of hydrogen-bond donors (Lipinski definition) is 13. The fourth-order valence-corrected chi connectivity index (χ4v) is 12.9. The van der Waals surface area contributed by atoms with E-state index in [-0.39, 0.29) is 81.8 Å². The second kappa shape index (κ2) is 37.6. The number of carboxylic acid groups (broad SMARTS) is 2. The van der Waals surface area contributed by atoms with Crippen LogP contribution in [0.2, 0.25) is 0 Å². The molecule has 4 heterocycles. The largest absolute Gasteiger partial charge is 0.481 e. The molecule has 4 fully saturated rings. The molecule has 546 valence electrons. The minimum Gasteiger partial charge on any atom is -0.481 e. The van der Waals surface area contributed by atoms with Gasteiger partial charge in [-0.3, -0.25) is 62.3 Å². The lowest BCUT2D eigenvalue weighted by molar-refractivity contribution is -0.146. The monoisotopic (exact) mass is 1380 g/mol. The standard InChI is InChI=1S/C68H107N13O17/c1-35(2)30-44(71-64(93)54(39(9)10)77-61(90)51-25-19-29-81(51)67(96)55(41(12)82)78-62(91)50-24-18-28-80(50)65(94)46(31-36(3)4)73-57(86)43-22-16-26-69-43)58(87)74-47(32-37(5)6)66(95)79-27-17-23-49(79)60(89)70-40(11)56(85)76-53(38(7)8)63(92)72-45(34-52(83)84)59(88)75-48(68(97)98)33-42-20-14-13-15-21-42/h13-15,20-21,35-41,43-51,53-55,69,82H,16-19,22-34H2,1-12H3,(H,70,89)(H,71,93)(H,72,92)(H,73,86)(H,74,87)(H,75,88)(H,76,85)(H,77,90)(H,78,91)(H,83,84)(H,97,98)/t40-,41+,43-,44-,45-,46-,47-,48-,49-,50-,51-,53-,54-,55-/m0/s1. The number of hydrogen-bond acceptors (Lipinski definition) is 16. The lowest BCUT2D eigenvalue weighted by Crippen LogP contribution is -2.62. The number of carbonyl (C=O) groups excluding carboxylic acids is 12. The fourth-order valence-electron chi connectivity index (χ4n) is 12.9. The topological polar surface area (TPSA) is 430 Å². The van der Waals surface area contributed by atoms with Crippen molar-refractivity contribution in [1.82, 2.24) is 67.9 Å². The fraction of sp³-hybridized carbons (Fsp3) is 0.706. The summed E-state index contributed by atoms with van der Waals surface area (Å²) in [6.45, 7) is 21.4. The van der Waals surface area contributed by atoms with Gasteiger partial charge in [-0.05, 0) is 126 Å². The Balaban J connectivity index is 1.22. The molecule has 0 bridgehead atoms. The molecule has 12 amide bonds. The van der Waals surface area contributed by atoms with Gasteiger partial charge in [0.05, 0.1) is 18.6 Å².